The van der Waals surface area contributed by atoms with Crippen LogP contribution >= 0.6 is 0 Å². The van der Waals surface area contributed by atoms with Crippen molar-refractivity contribution in [1.82, 2.24) is 10.6 Å². The third-order valence-corrected chi connectivity index (χ3v) is 8.69. The topological polar surface area (TPSA) is 87.7 Å². The van der Waals surface area contributed by atoms with Crippen molar-refractivity contribution < 1.29 is 23.8 Å². The first kappa shape index (κ1) is 27.1. The van der Waals surface area contributed by atoms with E-state index < -0.39 is 11.4 Å². The fourth-order valence-corrected chi connectivity index (χ4v) is 6.68. The highest BCUT2D eigenvalue weighted by Gasteiger charge is 2.61. The number of methoxy groups -OCH3 is 1. The normalized spacial score (nSPS) is 28.3. The number of aliphatic hydroxyl groups is 1. The highest BCUT2D eigenvalue weighted by Crippen LogP contribution is 2.63. The van der Waals surface area contributed by atoms with Gasteiger partial charge in [0.25, 0.3) is 5.91 Å². The van der Waals surface area contributed by atoms with Crippen LogP contribution in [0.15, 0.2) is 48.5 Å². The Morgan fingerprint density at radius 1 is 1.08 bits per heavy atom. The summed E-state index contributed by atoms with van der Waals surface area (Å²) < 4.78 is 19.0. The molecule has 2 fully saturated rings. The van der Waals surface area contributed by atoms with Gasteiger partial charge < -0.3 is 20.5 Å². The third-order valence-electron chi connectivity index (χ3n) is 8.69. The van der Waals surface area contributed by atoms with Gasteiger partial charge in [-0.3, -0.25) is 9.59 Å². The number of hydrogen-bond acceptors (Lipinski definition) is 4. The number of ether oxygens (including phenoxy) is 1. The van der Waals surface area contributed by atoms with Crippen LogP contribution in [-0.4, -0.2) is 35.7 Å². The van der Waals surface area contributed by atoms with Gasteiger partial charge in [0.15, 0.2) is 0 Å². The van der Waals surface area contributed by atoms with Crippen LogP contribution in [0, 0.1) is 22.6 Å². The molecule has 2 amide bonds. The number of carbonyl (C=O) groups excluding carboxylic acids is 2. The van der Waals surface area contributed by atoms with Crippen molar-refractivity contribution in [2.45, 2.75) is 77.5 Å². The molecular formula is C30H39FN2O4. The largest absolute Gasteiger partial charge is 0.497 e. The molecule has 4 rings (SSSR count). The maximum absolute atomic E-state index is 13.8. The third kappa shape index (κ3) is 5.98. The van der Waals surface area contributed by atoms with Crippen LogP contribution in [0.2, 0.25) is 0 Å². The summed E-state index contributed by atoms with van der Waals surface area (Å²) in [6, 6.07) is 13.1. The average molecular weight is 511 g/mol. The number of rotatable bonds is 8. The van der Waals surface area contributed by atoms with E-state index in [0.29, 0.717) is 38.6 Å². The number of amides is 2. The summed E-state index contributed by atoms with van der Waals surface area (Å²) in [5.74, 6) is 0.108. The Kier molecular flexibility index (Phi) is 7.65. The van der Waals surface area contributed by atoms with Gasteiger partial charge in [-0.25, -0.2) is 4.39 Å². The molecule has 7 heteroatoms. The van der Waals surface area contributed by atoms with E-state index in [1.807, 2.05) is 31.2 Å². The molecule has 0 radical (unpaired) electrons. The number of carbonyl (C=O) groups is 2. The van der Waals surface area contributed by atoms with Gasteiger partial charge in [0.05, 0.1) is 12.7 Å². The van der Waals surface area contributed by atoms with Crippen molar-refractivity contribution in [2.75, 3.05) is 7.11 Å². The Labute approximate surface area is 219 Å². The number of halogens is 1. The lowest BCUT2D eigenvalue weighted by Gasteiger charge is -2.50. The van der Waals surface area contributed by atoms with Crippen molar-refractivity contribution in [3.63, 3.8) is 0 Å². The molecule has 4 atom stereocenters. The summed E-state index contributed by atoms with van der Waals surface area (Å²) >= 11 is 0. The Morgan fingerprint density at radius 3 is 2.49 bits per heavy atom. The second-order valence-electron chi connectivity index (χ2n) is 11.8. The predicted molar refractivity (Wildman–Crippen MR) is 141 cm³/mol. The van der Waals surface area contributed by atoms with Gasteiger partial charge in [-0.15, -0.1) is 0 Å². The second kappa shape index (κ2) is 10.4. The highest BCUT2D eigenvalue weighted by molar-refractivity contribution is 5.94. The molecule has 3 N–H and O–H groups in total. The molecule has 2 aliphatic rings. The second-order valence-corrected chi connectivity index (χ2v) is 11.8. The number of nitrogens with one attached hydrogen (secondary N) is 2. The molecule has 6 nitrogen and oxygen atoms in total. The van der Waals surface area contributed by atoms with Crippen molar-refractivity contribution >= 4 is 11.8 Å². The summed E-state index contributed by atoms with van der Waals surface area (Å²) in [7, 11) is 1.62. The van der Waals surface area contributed by atoms with Crippen molar-refractivity contribution in [3.05, 3.63) is 65.5 Å². The summed E-state index contributed by atoms with van der Waals surface area (Å²) in [5, 5.41) is 17.2. The number of fused-ring (bicyclic) bond motifs is 1. The minimum Gasteiger partial charge on any atom is -0.497 e. The van der Waals surface area contributed by atoms with E-state index in [1.165, 1.54) is 18.2 Å². The molecule has 2 aliphatic carbocycles. The Balaban J connectivity index is 1.50. The van der Waals surface area contributed by atoms with Crippen LogP contribution in [0.4, 0.5) is 4.39 Å². The molecule has 2 saturated carbocycles. The molecule has 0 saturated heterocycles. The molecule has 0 heterocycles. The minimum absolute atomic E-state index is 0.0406. The Bertz CT molecular complexity index is 1130. The van der Waals surface area contributed by atoms with E-state index in [9.17, 15) is 19.1 Å². The average Bonchev–Trinajstić information content (AvgIpc) is 3.07. The van der Waals surface area contributed by atoms with E-state index in [1.54, 1.807) is 13.2 Å². The maximum Gasteiger partial charge on any atom is 0.251 e. The van der Waals surface area contributed by atoms with E-state index >= 15 is 0 Å². The molecule has 0 aliphatic heterocycles. The number of benzene rings is 2. The molecule has 0 unspecified atom stereocenters. The lowest BCUT2D eigenvalue weighted by Crippen LogP contribution is -2.52. The predicted octanol–water partition coefficient (Wildman–Crippen LogP) is 5.00. The Hall–Kier alpha value is -2.93. The summed E-state index contributed by atoms with van der Waals surface area (Å²) in [6.07, 6.45) is 3.63. The lowest BCUT2D eigenvalue weighted by molar-refractivity contribution is -0.123. The van der Waals surface area contributed by atoms with Crippen LogP contribution in [0.5, 0.6) is 5.75 Å². The van der Waals surface area contributed by atoms with Gasteiger partial charge in [0, 0.05) is 24.6 Å². The maximum atomic E-state index is 13.8. The van der Waals surface area contributed by atoms with E-state index in [-0.39, 0.29) is 40.2 Å². The van der Waals surface area contributed by atoms with Crippen molar-refractivity contribution in [2.24, 2.45) is 16.7 Å². The standard InChI is InChI=1S/C30H39FN2O4/c1-28(2)18-25(33-27(35)21-6-5-7-22(31)16-21)30(15-14-29(3,36)17-24(28)30)13-12-26(34)32-19-20-8-10-23(37-4)11-9-20/h5-11,16,24-25,36H,12-15,17-19H2,1-4H3,(H,32,34)(H,33,35)/t24-,25-,29-,30-/m0/s1. The van der Waals surface area contributed by atoms with Gasteiger partial charge in [-0.1, -0.05) is 32.0 Å². The van der Waals surface area contributed by atoms with Crippen molar-refractivity contribution in [1.29, 1.82) is 0 Å². The fourth-order valence-electron chi connectivity index (χ4n) is 6.68. The number of hydrogen-bond donors (Lipinski definition) is 3. The van der Waals surface area contributed by atoms with E-state index in [2.05, 4.69) is 24.5 Å². The van der Waals surface area contributed by atoms with E-state index in [0.717, 1.165) is 17.7 Å². The SMILES string of the molecule is COc1ccc(CNC(=O)CC[C@]23CC[C@](C)(O)C[C@H]2C(C)(C)C[C@@H]3NC(=O)c2cccc(F)c2)cc1. The molecule has 0 spiro atoms. The van der Waals surface area contributed by atoms with Gasteiger partial charge in [-0.05, 0) is 91.7 Å². The summed E-state index contributed by atoms with van der Waals surface area (Å²) in [6.45, 7) is 6.68. The fraction of sp³-hybridized carbons (Fsp3) is 0.533. The van der Waals surface area contributed by atoms with Crippen molar-refractivity contribution in [3.8, 4) is 5.75 Å². The molecule has 2 aromatic rings. The zero-order valence-corrected chi connectivity index (χ0v) is 22.3. The van der Waals surface area contributed by atoms with Gasteiger partial charge in [-0.2, -0.15) is 0 Å². The zero-order chi connectivity index (χ0) is 26.8. The van der Waals surface area contributed by atoms with Crippen LogP contribution in [0.3, 0.4) is 0 Å². The summed E-state index contributed by atoms with van der Waals surface area (Å²) in [5.41, 5.74) is 0.0390. The molecule has 200 valence electrons. The van der Waals surface area contributed by atoms with E-state index in [4.69, 9.17) is 4.74 Å². The first-order valence-electron chi connectivity index (χ1n) is 13.1. The van der Waals surface area contributed by atoms with Gasteiger partial charge >= 0.3 is 0 Å². The molecular weight excluding hydrogens is 471 g/mol. The quantitative estimate of drug-likeness (QED) is 0.467. The Morgan fingerprint density at radius 2 is 1.81 bits per heavy atom. The minimum atomic E-state index is -0.774. The first-order valence-corrected chi connectivity index (χ1v) is 13.1. The zero-order valence-electron chi connectivity index (χ0n) is 22.3. The van der Waals surface area contributed by atoms with Crippen LogP contribution < -0.4 is 15.4 Å². The molecule has 0 bridgehead atoms. The first-order chi connectivity index (χ1) is 17.4. The molecule has 37 heavy (non-hydrogen) atoms. The van der Waals surface area contributed by atoms with Gasteiger partial charge in [0.1, 0.15) is 11.6 Å². The molecule has 2 aromatic carbocycles. The smallest absolute Gasteiger partial charge is 0.251 e. The monoisotopic (exact) mass is 510 g/mol. The van der Waals surface area contributed by atoms with Crippen LogP contribution in [0.1, 0.15) is 75.2 Å². The lowest BCUT2D eigenvalue weighted by atomic mass is 9.57. The summed E-state index contributed by atoms with van der Waals surface area (Å²) in [4.78, 5) is 26.1. The van der Waals surface area contributed by atoms with Crippen LogP contribution in [0.25, 0.3) is 0 Å². The highest BCUT2D eigenvalue weighted by atomic mass is 19.1. The van der Waals surface area contributed by atoms with Gasteiger partial charge in [0.2, 0.25) is 5.91 Å². The molecule has 0 aromatic heterocycles. The van der Waals surface area contributed by atoms with Crippen LogP contribution in [-0.2, 0) is 11.3 Å².